The zero-order valence-corrected chi connectivity index (χ0v) is 25.3. The summed E-state index contributed by atoms with van der Waals surface area (Å²) in [4.78, 5) is 31.0. The highest BCUT2D eigenvalue weighted by atomic mass is 35.5. The molecule has 40 heavy (non-hydrogen) atoms. The molecule has 4 heterocycles. The van der Waals surface area contributed by atoms with Gasteiger partial charge in [-0.05, 0) is 86.7 Å². The van der Waals surface area contributed by atoms with Crippen molar-refractivity contribution < 1.29 is 9.53 Å². The third kappa shape index (κ3) is 6.09. The van der Waals surface area contributed by atoms with Crippen molar-refractivity contribution in [1.82, 2.24) is 15.0 Å². The summed E-state index contributed by atoms with van der Waals surface area (Å²) in [5, 5.41) is 0.266. The molecule has 7 nitrogen and oxygen atoms in total. The maximum atomic E-state index is 12.9. The van der Waals surface area contributed by atoms with Gasteiger partial charge in [0.05, 0.1) is 18.2 Å². The van der Waals surface area contributed by atoms with Gasteiger partial charge in [0.2, 0.25) is 5.28 Å². The van der Waals surface area contributed by atoms with E-state index in [1.165, 1.54) is 11.1 Å². The van der Waals surface area contributed by atoms with Gasteiger partial charge in [-0.1, -0.05) is 32.0 Å². The van der Waals surface area contributed by atoms with Crippen LogP contribution in [0.4, 0.5) is 11.5 Å². The lowest BCUT2D eigenvalue weighted by molar-refractivity contribution is -0.146. The van der Waals surface area contributed by atoms with Crippen molar-refractivity contribution in [3.05, 3.63) is 63.8 Å². The number of pyridine rings is 1. The van der Waals surface area contributed by atoms with E-state index in [9.17, 15) is 4.79 Å². The van der Waals surface area contributed by atoms with Gasteiger partial charge in [-0.25, -0.2) is 9.97 Å². The molecule has 0 saturated carbocycles. The van der Waals surface area contributed by atoms with Crippen LogP contribution in [0.3, 0.4) is 0 Å². The highest BCUT2D eigenvalue weighted by Gasteiger charge is 2.31. The van der Waals surface area contributed by atoms with E-state index in [-0.39, 0.29) is 23.8 Å². The van der Waals surface area contributed by atoms with Crippen molar-refractivity contribution in [2.75, 3.05) is 29.4 Å². The SMILES string of the molecule is Cc1nc(C)c(-c2ccc3c(c2)CCN(c2ccnc(Cl)n2)C3)c(N2CCC(C)(C)CC2)c1CC(=O)OC(C)C. The first-order valence-electron chi connectivity index (χ1n) is 14.3. The molecule has 0 spiro atoms. The number of fused-ring (bicyclic) bond motifs is 1. The maximum absolute atomic E-state index is 12.9. The van der Waals surface area contributed by atoms with Crippen LogP contribution in [0.2, 0.25) is 5.28 Å². The fourth-order valence-corrected chi connectivity index (χ4v) is 6.11. The number of carbonyl (C=O) groups is 1. The molecule has 0 bridgehead atoms. The average Bonchev–Trinajstić information content (AvgIpc) is 2.89. The largest absolute Gasteiger partial charge is 0.463 e. The summed E-state index contributed by atoms with van der Waals surface area (Å²) >= 11 is 6.05. The Labute approximate surface area is 242 Å². The quantitative estimate of drug-likeness (QED) is 0.251. The number of nitrogens with zero attached hydrogens (tertiary/aromatic N) is 5. The number of esters is 1. The van der Waals surface area contributed by atoms with Crippen LogP contribution in [-0.4, -0.2) is 46.7 Å². The third-order valence-electron chi connectivity index (χ3n) is 8.22. The minimum atomic E-state index is -0.205. The molecule has 1 saturated heterocycles. The third-order valence-corrected chi connectivity index (χ3v) is 8.40. The second-order valence-electron chi connectivity index (χ2n) is 12.2. The summed E-state index contributed by atoms with van der Waals surface area (Å²) in [5.74, 6) is 0.644. The lowest BCUT2D eigenvalue weighted by Crippen LogP contribution is -2.38. The molecule has 0 unspecified atom stereocenters. The molecule has 8 heteroatoms. The number of anilines is 2. The van der Waals surface area contributed by atoms with Crippen molar-refractivity contribution in [2.45, 2.75) is 79.9 Å². The van der Waals surface area contributed by atoms with Crippen LogP contribution in [0, 0.1) is 19.3 Å². The molecule has 5 rings (SSSR count). The van der Waals surface area contributed by atoms with Crippen molar-refractivity contribution in [1.29, 1.82) is 0 Å². The maximum Gasteiger partial charge on any atom is 0.310 e. The molecule has 0 amide bonds. The van der Waals surface area contributed by atoms with Gasteiger partial charge < -0.3 is 14.5 Å². The summed E-state index contributed by atoms with van der Waals surface area (Å²) in [6, 6.07) is 8.67. The first kappa shape index (κ1) is 28.3. The summed E-state index contributed by atoms with van der Waals surface area (Å²) in [5.41, 5.74) is 9.24. The fraction of sp³-hybridized carbons (Fsp3) is 0.500. The topological polar surface area (TPSA) is 71.5 Å². The highest BCUT2D eigenvalue weighted by Crippen LogP contribution is 2.42. The molecule has 0 aliphatic carbocycles. The van der Waals surface area contributed by atoms with Gasteiger partial charge in [0.15, 0.2) is 0 Å². The standard InChI is InChI=1S/C32H40ClN5O2/c1-20(2)40-28(39)18-26-21(3)35-22(4)29(30(26)37-15-11-32(5,6)12-16-37)24-7-8-25-19-38(14-10-23(25)17-24)27-9-13-34-31(33)36-27/h7-9,13,17,20H,10-12,14-16,18-19H2,1-6H3. The van der Waals surface area contributed by atoms with E-state index in [0.717, 1.165) is 85.0 Å². The van der Waals surface area contributed by atoms with Gasteiger partial charge in [0, 0.05) is 54.9 Å². The number of hydrogen-bond donors (Lipinski definition) is 0. The number of carbonyl (C=O) groups excluding carboxylic acids is 1. The Morgan fingerprint density at radius 2 is 1.77 bits per heavy atom. The predicted molar refractivity (Wildman–Crippen MR) is 161 cm³/mol. The normalized spacial score (nSPS) is 16.7. The summed E-state index contributed by atoms with van der Waals surface area (Å²) in [6.07, 6.45) is 4.90. The Hall–Kier alpha value is -3.19. The Bertz CT molecular complexity index is 1410. The van der Waals surface area contributed by atoms with Crippen molar-refractivity contribution in [3.63, 3.8) is 0 Å². The van der Waals surface area contributed by atoms with Crippen LogP contribution in [0.15, 0.2) is 30.5 Å². The molecule has 2 aliphatic rings. The zero-order valence-electron chi connectivity index (χ0n) is 24.6. The molecule has 2 aliphatic heterocycles. The molecule has 1 fully saturated rings. The van der Waals surface area contributed by atoms with E-state index >= 15 is 0 Å². The van der Waals surface area contributed by atoms with Crippen LogP contribution in [0.25, 0.3) is 11.1 Å². The van der Waals surface area contributed by atoms with Gasteiger partial charge in [0.1, 0.15) is 5.82 Å². The summed E-state index contributed by atoms with van der Waals surface area (Å²) in [7, 11) is 0. The van der Waals surface area contributed by atoms with E-state index in [2.05, 4.69) is 58.7 Å². The van der Waals surface area contributed by atoms with Crippen LogP contribution < -0.4 is 9.80 Å². The lowest BCUT2D eigenvalue weighted by atomic mass is 9.82. The number of benzene rings is 1. The fourth-order valence-electron chi connectivity index (χ4n) is 5.97. The van der Waals surface area contributed by atoms with Crippen molar-refractivity contribution in [3.8, 4) is 11.1 Å². The van der Waals surface area contributed by atoms with Crippen LogP contribution >= 0.6 is 11.6 Å². The number of halogens is 1. The van der Waals surface area contributed by atoms with Gasteiger partial charge >= 0.3 is 5.97 Å². The summed E-state index contributed by atoms with van der Waals surface area (Å²) < 4.78 is 5.58. The number of aryl methyl sites for hydroxylation is 2. The molecule has 0 N–H and O–H groups in total. The van der Waals surface area contributed by atoms with Gasteiger partial charge in [0.25, 0.3) is 0 Å². The minimum absolute atomic E-state index is 0.150. The zero-order chi connectivity index (χ0) is 28.6. The Morgan fingerprint density at radius 3 is 2.48 bits per heavy atom. The van der Waals surface area contributed by atoms with E-state index < -0.39 is 0 Å². The van der Waals surface area contributed by atoms with Gasteiger partial charge in [-0.2, -0.15) is 0 Å². The van der Waals surface area contributed by atoms with Crippen LogP contribution in [-0.2, 0) is 28.9 Å². The van der Waals surface area contributed by atoms with E-state index in [1.807, 2.05) is 26.8 Å². The Morgan fingerprint density at radius 1 is 1.02 bits per heavy atom. The van der Waals surface area contributed by atoms with Crippen LogP contribution in [0.5, 0.6) is 0 Å². The van der Waals surface area contributed by atoms with Crippen molar-refractivity contribution in [2.24, 2.45) is 5.41 Å². The Kier molecular flexibility index (Phi) is 8.05. The number of aromatic nitrogens is 3. The molecule has 1 aromatic carbocycles. The predicted octanol–water partition coefficient (Wildman–Crippen LogP) is 6.49. The molecule has 212 valence electrons. The van der Waals surface area contributed by atoms with Gasteiger partial charge in [-0.15, -0.1) is 0 Å². The second-order valence-corrected chi connectivity index (χ2v) is 12.5. The number of ether oxygens (including phenoxy) is 1. The number of piperidine rings is 1. The van der Waals surface area contributed by atoms with Crippen molar-refractivity contribution >= 4 is 29.1 Å². The minimum Gasteiger partial charge on any atom is -0.463 e. The number of rotatable bonds is 6. The van der Waals surface area contributed by atoms with E-state index in [4.69, 9.17) is 21.3 Å². The molecular weight excluding hydrogens is 522 g/mol. The smallest absolute Gasteiger partial charge is 0.310 e. The van der Waals surface area contributed by atoms with E-state index in [1.54, 1.807) is 6.20 Å². The monoisotopic (exact) mass is 561 g/mol. The summed E-state index contributed by atoms with van der Waals surface area (Å²) in [6.45, 7) is 16.1. The first-order valence-corrected chi connectivity index (χ1v) is 14.7. The molecule has 0 atom stereocenters. The van der Waals surface area contributed by atoms with Crippen LogP contribution in [0.1, 0.15) is 68.6 Å². The van der Waals surface area contributed by atoms with Gasteiger partial charge in [-0.3, -0.25) is 9.78 Å². The molecule has 0 radical (unpaired) electrons. The highest BCUT2D eigenvalue weighted by molar-refractivity contribution is 6.28. The average molecular weight is 562 g/mol. The Balaban J connectivity index is 1.55. The van der Waals surface area contributed by atoms with E-state index in [0.29, 0.717) is 5.41 Å². The molecular formula is C32H40ClN5O2. The molecule has 2 aromatic heterocycles. The molecule has 3 aromatic rings. The second kappa shape index (κ2) is 11.4. The number of hydrogen-bond acceptors (Lipinski definition) is 7. The lowest BCUT2D eigenvalue weighted by Gasteiger charge is -2.40. The first-order chi connectivity index (χ1) is 19.0.